The summed E-state index contributed by atoms with van der Waals surface area (Å²) in [6.45, 7) is 0.326. The first-order valence-electron chi connectivity index (χ1n) is 4.24. The highest BCUT2D eigenvalue weighted by Crippen LogP contribution is 2.04. The Hall–Kier alpha value is -1.63. The molecule has 2 heterocycles. The Bertz CT molecular complexity index is 420. The molecule has 7 nitrogen and oxygen atoms in total. The van der Waals surface area contributed by atoms with E-state index in [4.69, 9.17) is 5.73 Å². The van der Waals surface area contributed by atoms with Crippen LogP contribution in [0.3, 0.4) is 0 Å². The van der Waals surface area contributed by atoms with Crippen molar-refractivity contribution in [3.8, 4) is 0 Å². The van der Waals surface area contributed by atoms with Gasteiger partial charge in [0.25, 0.3) is 0 Å². The Morgan fingerprint density at radius 1 is 1.64 bits per heavy atom. The van der Waals surface area contributed by atoms with E-state index in [0.717, 1.165) is 0 Å². The highest BCUT2D eigenvalue weighted by molar-refractivity contribution is 5.88. The molecule has 1 aliphatic heterocycles. The zero-order valence-electron chi connectivity index (χ0n) is 7.67. The van der Waals surface area contributed by atoms with Crippen LogP contribution < -0.4 is 16.7 Å². The van der Waals surface area contributed by atoms with Crippen LogP contribution >= 0.6 is 0 Å². The van der Waals surface area contributed by atoms with E-state index in [1.807, 2.05) is 0 Å². The summed E-state index contributed by atoms with van der Waals surface area (Å²) in [6.07, 6.45) is 1.42. The van der Waals surface area contributed by atoms with E-state index < -0.39 is 6.04 Å². The molecule has 1 fully saturated rings. The molecular formula is C7H11N5O2. The van der Waals surface area contributed by atoms with Gasteiger partial charge in [0.05, 0.1) is 12.6 Å². The molecule has 0 bridgehead atoms. The number of aryl methyl sites for hydroxylation is 1. The van der Waals surface area contributed by atoms with Crippen LogP contribution in [0.4, 0.5) is 0 Å². The van der Waals surface area contributed by atoms with Crippen molar-refractivity contribution < 1.29 is 4.79 Å². The lowest BCUT2D eigenvalue weighted by molar-refractivity contribution is -0.130. The standard InChI is InChI=1S/C7H11N5O2/c1-11-3-9-12(7(11)14)2-4-5(8)6(13)10-4/h3-5H,2,8H2,1H3,(H,10,13)/t4-,5+/m1/s1. The van der Waals surface area contributed by atoms with Gasteiger partial charge in [0.2, 0.25) is 5.91 Å². The van der Waals surface area contributed by atoms with E-state index in [0.29, 0.717) is 6.54 Å². The Morgan fingerprint density at radius 3 is 2.79 bits per heavy atom. The largest absolute Gasteiger partial charge is 0.348 e. The summed E-state index contributed by atoms with van der Waals surface area (Å²) in [6, 6.07) is -0.709. The normalized spacial score (nSPS) is 25.7. The minimum Gasteiger partial charge on any atom is -0.348 e. The Labute approximate surface area is 79.5 Å². The summed E-state index contributed by atoms with van der Waals surface area (Å²) in [7, 11) is 1.62. The maximum atomic E-state index is 11.3. The average Bonchev–Trinajstić information content (AvgIpc) is 2.48. The lowest BCUT2D eigenvalue weighted by Crippen LogP contribution is -2.68. The molecule has 7 heteroatoms. The van der Waals surface area contributed by atoms with Crippen molar-refractivity contribution in [1.29, 1.82) is 0 Å². The van der Waals surface area contributed by atoms with E-state index in [1.165, 1.54) is 15.6 Å². The molecule has 0 aliphatic carbocycles. The van der Waals surface area contributed by atoms with Gasteiger partial charge in [-0.1, -0.05) is 0 Å². The predicted octanol–water partition coefficient (Wildman–Crippen LogP) is -2.59. The van der Waals surface area contributed by atoms with Crippen molar-refractivity contribution in [3.63, 3.8) is 0 Å². The molecule has 0 aromatic carbocycles. The number of hydrogen-bond donors (Lipinski definition) is 2. The van der Waals surface area contributed by atoms with Gasteiger partial charge in [-0.05, 0) is 0 Å². The van der Waals surface area contributed by atoms with E-state index in [-0.39, 0.29) is 17.6 Å². The lowest BCUT2D eigenvalue weighted by atomic mass is 10.0. The summed E-state index contributed by atoms with van der Waals surface area (Å²) >= 11 is 0. The minimum absolute atomic E-state index is 0.181. The SMILES string of the molecule is Cn1cnn(C[C@H]2NC(=O)[C@H]2N)c1=O. The minimum atomic E-state index is -0.524. The van der Waals surface area contributed by atoms with Crippen LogP contribution in [0.25, 0.3) is 0 Å². The maximum absolute atomic E-state index is 11.3. The number of β-lactam (4-membered cyclic amide) rings is 1. The summed E-state index contributed by atoms with van der Waals surface area (Å²) < 4.78 is 2.65. The van der Waals surface area contributed by atoms with Crippen molar-refractivity contribution in [1.82, 2.24) is 19.7 Å². The van der Waals surface area contributed by atoms with Crippen LogP contribution in [0.1, 0.15) is 0 Å². The molecule has 2 atom stereocenters. The number of hydrogen-bond acceptors (Lipinski definition) is 4. The van der Waals surface area contributed by atoms with Gasteiger partial charge in [-0.25, -0.2) is 9.48 Å². The maximum Gasteiger partial charge on any atom is 0.345 e. The van der Waals surface area contributed by atoms with Gasteiger partial charge in [-0.15, -0.1) is 0 Å². The molecule has 1 amide bonds. The van der Waals surface area contributed by atoms with Crippen molar-refractivity contribution in [2.24, 2.45) is 12.8 Å². The third-order valence-corrected chi connectivity index (χ3v) is 2.32. The molecule has 14 heavy (non-hydrogen) atoms. The average molecular weight is 197 g/mol. The van der Waals surface area contributed by atoms with Crippen LogP contribution in [0.5, 0.6) is 0 Å². The molecule has 1 aromatic rings. The van der Waals surface area contributed by atoms with Gasteiger partial charge < -0.3 is 11.1 Å². The van der Waals surface area contributed by atoms with Crippen LogP contribution in [-0.2, 0) is 18.4 Å². The lowest BCUT2D eigenvalue weighted by Gasteiger charge is -2.33. The van der Waals surface area contributed by atoms with E-state index >= 15 is 0 Å². The number of rotatable bonds is 2. The van der Waals surface area contributed by atoms with Crippen molar-refractivity contribution >= 4 is 5.91 Å². The van der Waals surface area contributed by atoms with Crippen LogP contribution in [0.2, 0.25) is 0 Å². The number of nitrogens with one attached hydrogen (secondary N) is 1. The van der Waals surface area contributed by atoms with Crippen molar-refractivity contribution in [3.05, 3.63) is 16.8 Å². The van der Waals surface area contributed by atoms with Crippen molar-refractivity contribution in [2.45, 2.75) is 18.6 Å². The molecule has 76 valence electrons. The highest BCUT2D eigenvalue weighted by atomic mass is 16.2. The fourth-order valence-corrected chi connectivity index (χ4v) is 1.35. The molecule has 0 saturated carbocycles. The third kappa shape index (κ3) is 1.22. The van der Waals surface area contributed by atoms with Gasteiger partial charge >= 0.3 is 5.69 Å². The number of carbonyl (C=O) groups is 1. The van der Waals surface area contributed by atoms with Gasteiger partial charge in [-0.3, -0.25) is 9.36 Å². The second-order valence-corrected chi connectivity index (χ2v) is 3.35. The third-order valence-electron chi connectivity index (χ3n) is 2.32. The number of amides is 1. The van der Waals surface area contributed by atoms with Crippen molar-refractivity contribution in [2.75, 3.05) is 0 Å². The molecule has 0 radical (unpaired) electrons. The first-order valence-corrected chi connectivity index (χ1v) is 4.24. The first kappa shape index (κ1) is 8.95. The molecule has 0 spiro atoms. The van der Waals surface area contributed by atoms with E-state index in [9.17, 15) is 9.59 Å². The molecule has 2 rings (SSSR count). The Balaban J connectivity index is 2.09. The smallest absolute Gasteiger partial charge is 0.345 e. The number of nitrogens with zero attached hydrogens (tertiary/aromatic N) is 3. The number of carbonyl (C=O) groups excluding carboxylic acids is 1. The topological polar surface area (TPSA) is 94.9 Å². The van der Waals surface area contributed by atoms with Gasteiger partial charge in [0.1, 0.15) is 12.4 Å². The molecule has 1 aliphatic rings. The fraction of sp³-hybridized carbons (Fsp3) is 0.571. The molecule has 1 aromatic heterocycles. The van der Waals surface area contributed by atoms with Crippen LogP contribution in [0.15, 0.2) is 11.1 Å². The first-order chi connectivity index (χ1) is 6.59. The predicted molar refractivity (Wildman–Crippen MR) is 47.4 cm³/mol. The molecular weight excluding hydrogens is 186 g/mol. The van der Waals surface area contributed by atoms with E-state index in [2.05, 4.69) is 10.4 Å². The second kappa shape index (κ2) is 2.95. The number of nitrogens with two attached hydrogens (primary N) is 1. The van der Waals surface area contributed by atoms with E-state index in [1.54, 1.807) is 7.05 Å². The van der Waals surface area contributed by atoms with Gasteiger partial charge in [0.15, 0.2) is 0 Å². The Morgan fingerprint density at radius 2 is 2.36 bits per heavy atom. The molecule has 3 N–H and O–H groups in total. The number of aromatic nitrogens is 3. The summed E-state index contributed by atoms with van der Waals surface area (Å²) in [4.78, 5) is 22.1. The highest BCUT2D eigenvalue weighted by Gasteiger charge is 2.36. The zero-order chi connectivity index (χ0) is 10.3. The summed E-state index contributed by atoms with van der Waals surface area (Å²) in [5.74, 6) is -0.181. The van der Waals surface area contributed by atoms with Crippen LogP contribution in [0, 0.1) is 0 Å². The fourth-order valence-electron chi connectivity index (χ4n) is 1.35. The second-order valence-electron chi connectivity index (χ2n) is 3.35. The monoisotopic (exact) mass is 197 g/mol. The van der Waals surface area contributed by atoms with Crippen LogP contribution in [-0.4, -0.2) is 32.3 Å². The Kier molecular flexibility index (Phi) is 1.88. The summed E-state index contributed by atoms with van der Waals surface area (Å²) in [5.41, 5.74) is 5.30. The zero-order valence-corrected chi connectivity index (χ0v) is 7.67. The quantitative estimate of drug-likeness (QED) is 0.508. The van der Waals surface area contributed by atoms with Gasteiger partial charge in [-0.2, -0.15) is 5.10 Å². The van der Waals surface area contributed by atoms with Gasteiger partial charge in [0, 0.05) is 7.05 Å². The molecule has 1 saturated heterocycles. The summed E-state index contributed by atoms with van der Waals surface area (Å²) in [5, 5.41) is 6.46. The molecule has 0 unspecified atom stereocenters.